The zero-order chi connectivity index (χ0) is 13.7. The molecule has 1 heterocycles. The molecule has 0 fully saturated rings. The molecule has 2 N–H and O–H groups in total. The standard InChI is InChI=1S/C15H18N2O2/c1-11(16)13-7-3-4-8-14(13)19-10-12-6-5-9-15(17-12)18-2/h3-9,11H,10,16H2,1-2H3. The van der Waals surface area contributed by atoms with Crippen LogP contribution in [-0.4, -0.2) is 12.1 Å². The van der Waals surface area contributed by atoms with Crippen LogP contribution in [0.1, 0.15) is 24.2 Å². The van der Waals surface area contributed by atoms with E-state index in [2.05, 4.69) is 4.98 Å². The normalized spacial score (nSPS) is 11.9. The number of para-hydroxylation sites is 1. The summed E-state index contributed by atoms with van der Waals surface area (Å²) in [6.45, 7) is 2.33. The van der Waals surface area contributed by atoms with E-state index in [-0.39, 0.29) is 6.04 Å². The van der Waals surface area contributed by atoms with Crippen molar-refractivity contribution >= 4 is 0 Å². The van der Waals surface area contributed by atoms with Gasteiger partial charge < -0.3 is 15.2 Å². The molecule has 1 aromatic heterocycles. The average molecular weight is 258 g/mol. The van der Waals surface area contributed by atoms with Gasteiger partial charge in [0.05, 0.1) is 12.8 Å². The lowest BCUT2D eigenvalue weighted by atomic mass is 10.1. The van der Waals surface area contributed by atoms with E-state index in [4.69, 9.17) is 15.2 Å². The number of ether oxygens (including phenoxy) is 2. The Kier molecular flexibility index (Phi) is 4.36. The van der Waals surface area contributed by atoms with Crippen molar-refractivity contribution in [1.82, 2.24) is 4.98 Å². The van der Waals surface area contributed by atoms with Crippen molar-refractivity contribution in [3.63, 3.8) is 0 Å². The molecule has 0 bridgehead atoms. The summed E-state index contributed by atoms with van der Waals surface area (Å²) in [4.78, 5) is 4.30. The zero-order valence-corrected chi connectivity index (χ0v) is 11.2. The molecule has 0 aliphatic heterocycles. The Bertz CT molecular complexity index is 541. The molecular formula is C15H18N2O2. The van der Waals surface area contributed by atoms with Crippen LogP contribution >= 0.6 is 0 Å². The minimum absolute atomic E-state index is 0.0607. The van der Waals surface area contributed by atoms with Gasteiger partial charge in [-0.15, -0.1) is 0 Å². The Labute approximate surface area is 113 Å². The van der Waals surface area contributed by atoms with Gasteiger partial charge in [-0.25, -0.2) is 4.98 Å². The molecule has 0 amide bonds. The first kappa shape index (κ1) is 13.4. The molecular weight excluding hydrogens is 240 g/mol. The van der Waals surface area contributed by atoms with Crippen LogP contribution in [0.3, 0.4) is 0 Å². The van der Waals surface area contributed by atoms with E-state index in [1.807, 2.05) is 43.3 Å². The average Bonchev–Trinajstić information content (AvgIpc) is 2.45. The maximum absolute atomic E-state index is 5.91. The van der Waals surface area contributed by atoms with Crippen LogP contribution in [0.4, 0.5) is 0 Å². The first-order valence-corrected chi connectivity index (χ1v) is 6.18. The number of methoxy groups -OCH3 is 1. The Balaban J connectivity index is 2.10. The van der Waals surface area contributed by atoms with Crippen molar-refractivity contribution in [2.75, 3.05) is 7.11 Å². The fourth-order valence-electron chi connectivity index (χ4n) is 1.79. The molecule has 0 aliphatic carbocycles. The van der Waals surface area contributed by atoms with E-state index >= 15 is 0 Å². The molecule has 0 radical (unpaired) electrons. The smallest absolute Gasteiger partial charge is 0.213 e. The minimum Gasteiger partial charge on any atom is -0.487 e. The summed E-state index contributed by atoms with van der Waals surface area (Å²) in [5, 5.41) is 0. The second-order valence-electron chi connectivity index (χ2n) is 4.29. The van der Waals surface area contributed by atoms with E-state index in [1.54, 1.807) is 13.2 Å². The van der Waals surface area contributed by atoms with E-state index in [0.29, 0.717) is 12.5 Å². The maximum atomic E-state index is 5.91. The molecule has 0 spiro atoms. The summed E-state index contributed by atoms with van der Waals surface area (Å²) in [5.74, 6) is 1.38. The van der Waals surface area contributed by atoms with Crippen LogP contribution in [0.25, 0.3) is 0 Å². The number of rotatable bonds is 5. The Morgan fingerprint density at radius 3 is 2.68 bits per heavy atom. The van der Waals surface area contributed by atoms with Crippen LogP contribution in [0.5, 0.6) is 11.6 Å². The molecule has 0 saturated carbocycles. The third-order valence-electron chi connectivity index (χ3n) is 2.78. The van der Waals surface area contributed by atoms with Crippen molar-refractivity contribution in [2.45, 2.75) is 19.6 Å². The monoisotopic (exact) mass is 258 g/mol. The number of nitrogens with two attached hydrogens (primary N) is 1. The SMILES string of the molecule is COc1cccc(COc2ccccc2C(C)N)n1. The first-order chi connectivity index (χ1) is 9.20. The lowest BCUT2D eigenvalue weighted by Gasteiger charge is -2.13. The van der Waals surface area contributed by atoms with Gasteiger partial charge in [0.25, 0.3) is 0 Å². The van der Waals surface area contributed by atoms with Gasteiger partial charge in [-0.2, -0.15) is 0 Å². The Morgan fingerprint density at radius 2 is 1.95 bits per heavy atom. The Morgan fingerprint density at radius 1 is 1.16 bits per heavy atom. The van der Waals surface area contributed by atoms with Crippen LogP contribution in [0.2, 0.25) is 0 Å². The lowest BCUT2D eigenvalue weighted by Crippen LogP contribution is -2.08. The predicted molar refractivity (Wildman–Crippen MR) is 74.2 cm³/mol. The molecule has 2 aromatic rings. The van der Waals surface area contributed by atoms with Crippen LogP contribution in [-0.2, 0) is 6.61 Å². The third kappa shape index (κ3) is 3.45. The second-order valence-corrected chi connectivity index (χ2v) is 4.29. The maximum Gasteiger partial charge on any atom is 0.213 e. The summed E-state index contributed by atoms with van der Waals surface area (Å²) in [6.07, 6.45) is 0. The highest BCUT2D eigenvalue weighted by atomic mass is 16.5. The van der Waals surface area contributed by atoms with Crippen molar-refractivity contribution in [3.05, 3.63) is 53.7 Å². The minimum atomic E-state index is -0.0607. The van der Waals surface area contributed by atoms with Crippen LogP contribution < -0.4 is 15.2 Å². The molecule has 0 saturated heterocycles. The molecule has 1 atom stereocenters. The van der Waals surface area contributed by atoms with Crippen molar-refractivity contribution in [1.29, 1.82) is 0 Å². The van der Waals surface area contributed by atoms with Crippen molar-refractivity contribution in [3.8, 4) is 11.6 Å². The summed E-state index contributed by atoms with van der Waals surface area (Å²) in [7, 11) is 1.60. The number of hydrogen-bond acceptors (Lipinski definition) is 4. The zero-order valence-electron chi connectivity index (χ0n) is 11.2. The van der Waals surface area contributed by atoms with Gasteiger partial charge in [-0.05, 0) is 19.1 Å². The molecule has 1 unspecified atom stereocenters. The predicted octanol–water partition coefficient (Wildman–Crippen LogP) is 2.69. The van der Waals surface area contributed by atoms with Gasteiger partial charge in [0, 0.05) is 17.7 Å². The van der Waals surface area contributed by atoms with E-state index < -0.39 is 0 Å². The molecule has 0 aliphatic rings. The quantitative estimate of drug-likeness (QED) is 0.895. The molecule has 4 heteroatoms. The summed E-state index contributed by atoms with van der Waals surface area (Å²) < 4.78 is 10.9. The number of pyridine rings is 1. The second kappa shape index (κ2) is 6.20. The van der Waals surface area contributed by atoms with E-state index in [1.165, 1.54) is 0 Å². The van der Waals surface area contributed by atoms with Gasteiger partial charge in [-0.3, -0.25) is 0 Å². The highest BCUT2D eigenvalue weighted by Gasteiger charge is 2.07. The van der Waals surface area contributed by atoms with Crippen molar-refractivity contribution < 1.29 is 9.47 Å². The van der Waals surface area contributed by atoms with Crippen molar-refractivity contribution in [2.24, 2.45) is 5.73 Å². The fraction of sp³-hybridized carbons (Fsp3) is 0.267. The number of hydrogen-bond donors (Lipinski definition) is 1. The van der Waals surface area contributed by atoms with Gasteiger partial charge in [0.15, 0.2) is 0 Å². The number of nitrogens with zero attached hydrogens (tertiary/aromatic N) is 1. The molecule has 19 heavy (non-hydrogen) atoms. The topological polar surface area (TPSA) is 57.4 Å². The summed E-state index contributed by atoms with van der Waals surface area (Å²) in [5.41, 5.74) is 7.72. The van der Waals surface area contributed by atoms with Gasteiger partial charge >= 0.3 is 0 Å². The van der Waals surface area contributed by atoms with Gasteiger partial charge in [-0.1, -0.05) is 24.3 Å². The van der Waals surface area contributed by atoms with E-state index in [0.717, 1.165) is 17.0 Å². The van der Waals surface area contributed by atoms with Crippen LogP contribution in [0.15, 0.2) is 42.5 Å². The fourth-order valence-corrected chi connectivity index (χ4v) is 1.79. The third-order valence-corrected chi connectivity index (χ3v) is 2.78. The largest absolute Gasteiger partial charge is 0.487 e. The first-order valence-electron chi connectivity index (χ1n) is 6.18. The molecule has 1 aromatic carbocycles. The Hall–Kier alpha value is -2.07. The summed E-state index contributed by atoms with van der Waals surface area (Å²) in [6, 6.07) is 13.3. The molecule has 100 valence electrons. The highest BCUT2D eigenvalue weighted by molar-refractivity contribution is 5.35. The van der Waals surface area contributed by atoms with E-state index in [9.17, 15) is 0 Å². The van der Waals surface area contributed by atoms with Gasteiger partial charge in [0.1, 0.15) is 12.4 Å². The summed E-state index contributed by atoms with van der Waals surface area (Å²) >= 11 is 0. The van der Waals surface area contributed by atoms with Crippen LogP contribution in [0, 0.1) is 0 Å². The molecule has 2 rings (SSSR count). The lowest BCUT2D eigenvalue weighted by molar-refractivity contribution is 0.293. The highest BCUT2D eigenvalue weighted by Crippen LogP contribution is 2.24. The number of benzene rings is 1. The molecule has 4 nitrogen and oxygen atoms in total. The van der Waals surface area contributed by atoms with Gasteiger partial charge in [0.2, 0.25) is 5.88 Å². The number of aromatic nitrogens is 1.